The molecule has 3 nitrogen and oxygen atoms in total. The van der Waals surface area contributed by atoms with E-state index in [1.807, 2.05) is 0 Å². The van der Waals surface area contributed by atoms with Gasteiger partial charge in [0.05, 0.1) is 0 Å². The highest BCUT2D eigenvalue weighted by atomic mass is 16.3. The van der Waals surface area contributed by atoms with E-state index in [1.165, 1.54) is 12.8 Å². The van der Waals surface area contributed by atoms with Gasteiger partial charge in [0.15, 0.2) is 0 Å². The van der Waals surface area contributed by atoms with E-state index in [-0.39, 0.29) is 11.7 Å². The van der Waals surface area contributed by atoms with Crippen LogP contribution in [0.4, 0.5) is 0 Å². The molecule has 0 saturated heterocycles. The van der Waals surface area contributed by atoms with Crippen LogP contribution in [0.3, 0.4) is 0 Å². The lowest BCUT2D eigenvalue weighted by Crippen LogP contribution is -2.28. The number of ketones is 2. The number of allylic oxidation sites excluding steroid dienone is 1. The summed E-state index contributed by atoms with van der Waals surface area (Å²) in [6.45, 7) is 0. The quantitative estimate of drug-likeness (QED) is 0.625. The van der Waals surface area contributed by atoms with E-state index >= 15 is 0 Å². The van der Waals surface area contributed by atoms with Crippen LogP contribution in [-0.2, 0) is 4.79 Å². The molecule has 0 radical (unpaired) electrons. The third-order valence-electron chi connectivity index (χ3n) is 4.40. The van der Waals surface area contributed by atoms with Gasteiger partial charge in [-0.05, 0) is 18.8 Å². The molecule has 0 bridgehead atoms. The average Bonchev–Trinajstić information content (AvgIpc) is 2.74. The molecule has 0 aliphatic heterocycles. The summed E-state index contributed by atoms with van der Waals surface area (Å²) < 4.78 is 0. The van der Waals surface area contributed by atoms with Gasteiger partial charge in [-0.25, -0.2) is 0 Å². The van der Waals surface area contributed by atoms with Crippen LogP contribution in [0.25, 0.3) is 5.76 Å². The van der Waals surface area contributed by atoms with Crippen LogP contribution in [0.2, 0.25) is 0 Å². The number of aliphatic hydroxyl groups is 1. The first kappa shape index (κ1) is 13.1. The van der Waals surface area contributed by atoms with Crippen LogP contribution >= 0.6 is 0 Å². The summed E-state index contributed by atoms with van der Waals surface area (Å²) in [5, 5.41) is 10.5. The zero-order valence-corrected chi connectivity index (χ0v) is 11.4. The first-order chi connectivity index (χ1) is 9.70. The van der Waals surface area contributed by atoms with Crippen molar-refractivity contribution in [3.05, 3.63) is 41.0 Å². The van der Waals surface area contributed by atoms with Crippen molar-refractivity contribution in [1.82, 2.24) is 0 Å². The molecule has 0 spiro atoms. The van der Waals surface area contributed by atoms with E-state index in [0.29, 0.717) is 16.7 Å². The zero-order valence-electron chi connectivity index (χ0n) is 11.4. The highest BCUT2D eigenvalue weighted by molar-refractivity contribution is 6.52. The molecule has 1 N–H and O–H groups in total. The minimum absolute atomic E-state index is 0.0251. The summed E-state index contributed by atoms with van der Waals surface area (Å²) in [6, 6.07) is 6.82. The van der Waals surface area contributed by atoms with Gasteiger partial charge in [0.25, 0.3) is 0 Å². The fourth-order valence-corrected chi connectivity index (χ4v) is 3.33. The maximum absolute atomic E-state index is 12.3. The minimum atomic E-state index is -0.506. The smallest absolute Gasteiger partial charge is 0.234 e. The summed E-state index contributed by atoms with van der Waals surface area (Å²) >= 11 is 0. The number of benzene rings is 1. The molecule has 1 saturated carbocycles. The van der Waals surface area contributed by atoms with Crippen LogP contribution in [0.15, 0.2) is 29.8 Å². The van der Waals surface area contributed by atoms with E-state index in [4.69, 9.17) is 0 Å². The summed E-state index contributed by atoms with van der Waals surface area (Å²) in [6.07, 6.45) is 6.24. The van der Waals surface area contributed by atoms with Crippen molar-refractivity contribution >= 4 is 17.3 Å². The SMILES string of the molecule is O=C1C(=O)c2ccccc2C(O)=C1C1CCCCCC1. The van der Waals surface area contributed by atoms with Crippen LogP contribution in [0.1, 0.15) is 54.4 Å². The third-order valence-corrected chi connectivity index (χ3v) is 4.40. The van der Waals surface area contributed by atoms with Crippen molar-refractivity contribution < 1.29 is 14.7 Å². The summed E-state index contributed by atoms with van der Waals surface area (Å²) in [5.41, 5.74) is 1.19. The predicted octanol–water partition coefficient (Wildman–Crippen LogP) is 3.69. The lowest BCUT2D eigenvalue weighted by Gasteiger charge is -2.23. The van der Waals surface area contributed by atoms with Crippen molar-refractivity contribution in [2.75, 3.05) is 0 Å². The van der Waals surface area contributed by atoms with Crippen molar-refractivity contribution in [2.24, 2.45) is 5.92 Å². The number of carbonyl (C=O) groups excluding carboxylic acids is 2. The van der Waals surface area contributed by atoms with E-state index in [9.17, 15) is 14.7 Å². The molecule has 1 fully saturated rings. The van der Waals surface area contributed by atoms with E-state index in [2.05, 4.69) is 0 Å². The fourth-order valence-electron chi connectivity index (χ4n) is 3.33. The molecule has 3 rings (SSSR count). The number of fused-ring (bicyclic) bond motifs is 1. The largest absolute Gasteiger partial charge is 0.507 e. The lowest BCUT2D eigenvalue weighted by molar-refractivity contribution is -0.112. The minimum Gasteiger partial charge on any atom is -0.507 e. The predicted molar refractivity (Wildman–Crippen MR) is 76.5 cm³/mol. The Morgan fingerprint density at radius 1 is 0.850 bits per heavy atom. The van der Waals surface area contributed by atoms with Crippen LogP contribution in [0.5, 0.6) is 0 Å². The van der Waals surface area contributed by atoms with Gasteiger partial charge in [0.1, 0.15) is 5.76 Å². The molecule has 0 heterocycles. The van der Waals surface area contributed by atoms with Gasteiger partial charge in [-0.1, -0.05) is 49.9 Å². The second kappa shape index (κ2) is 5.23. The Kier molecular flexibility index (Phi) is 3.43. The van der Waals surface area contributed by atoms with Gasteiger partial charge in [0, 0.05) is 16.7 Å². The molecule has 1 aromatic rings. The lowest BCUT2D eigenvalue weighted by atomic mass is 9.79. The Morgan fingerprint density at radius 3 is 2.10 bits per heavy atom. The topological polar surface area (TPSA) is 54.4 Å². The fraction of sp³-hybridized carbons (Fsp3) is 0.412. The number of Topliss-reactive ketones (excluding diaryl/α,β-unsaturated/α-hetero) is 2. The van der Waals surface area contributed by atoms with Crippen molar-refractivity contribution in [3.8, 4) is 0 Å². The zero-order chi connectivity index (χ0) is 14.1. The Bertz CT molecular complexity index is 590. The van der Waals surface area contributed by atoms with Crippen molar-refractivity contribution in [2.45, 2.75) is 38.5 Å². The average molecular weight is 270 g/mol. The maximum atomic E-state index is 12.3. The van der Waals surface area contributed by atoms with Crippen molar-refractivity contribution in [3.63, 3.8) is 0 Å². The molecule has 1 aromatic carbocycles. The van der Waals surface area contributed by atoms with Gasteiger partial charge in [0.2, 0.25) is 11.6 Å². The third kappa shape index (κ3) is 2.07. The van der Waals surface area contributed by atoms with E-state index in [1.54, 1.807) is 24.3 Å². The Labute approximate surface area is 118 Å². The molecular formula is C17H18O3. The van der Waals surface area contributed by atoms with E-state index < -0.39 is 11.6 Å². The summed E-state index contributed by atoms with van der Waals surface area (Å²) in [7, 11) is 0. The second-order valence-corrected chi connectivity index (χ2v) is 5.65. The molecule has 0 unspecified atom stereocenters. The second-order valence-electron chi connectivity index (χ2n) is 5.65. The highest BCUT2D eigenvalue weighted by Crippen LogP contribution is 2.37. The molecule has 3 heteroatoms. The van der Waals surface area contributed by atoms with Crippen molar-refractivity contribution in [1.29, 1.82) is 0 Å². The van der Waals surface area contributed by atoms with Gasteiger partial charge in [-0.15, -0.1) is 0 Å². The Balaban J connectivity index is 2.08. The molecule has 2 aliphatic carbocycles. The number of carbonyl (C=O) groups is 2. The number of hydrogen-bond donors (Lipinski definition) is 1. The molecular weight excluding hydrogens is 252 g/mol. The molecule has 2 aliphatic rings. The Morgan fingerprint density at radius 2 is 1.45 bits per heavy atom. The summed E-state index contributed by atoms with van der Waals surface area (Å²) in [4.78, 5) is 24.5. The summed E-state index contributed by atoms with van der Waals surface area (Å²) in [5.74, 6) is -0.926. The number of rotatable bonds is 1. The standard InChI is InChI=1S/C17H18O3/c18-15-12-9-5-6-10-13(12)16(19)17(20)14(15)11-7-3-1-2-4-8-11/h5-6,9-11,18H,1-4,7-8H2. The van der Waals surface area contributed by atoms with Gasteiger partial charge < -0.3 is 5.11 Å². The number of aliphatic hydroxyl groups excluding tert-OH is 1. The van der Waals surface area contributed by atoms with Crippen LogP contribution in [-0.4, -0.2) is 16.7 Å². The number of hydrogen-bond acceptors (Lipinski definition) is 3. The van der Waals surface area contributed by atoms with Gasteiger partial charge >= 0.3 is 0 Å². The molecule has 20 heavy (non-hydrogen) atoms. The molecule has 0 atom stereocenters. The highest BCUT2D eigenvalue weighted by Gasteiger charge is 2.36. The first-order valence-corrected chi connectivity index (χ1v) is 7.31. The Hall–Kier alpha value is -1.90. The van der Waals surface area contributed by atoms with Gasteiger partial charge in [-0.3, -0.25) is 9.59 Å². The first-order valence-electron chi connectivity index (χ1n) is 7.31. The maximum Gasteiger partial charge on any atom is 0.234 e. The van der Waals surface area contributed by atoms with Crippen LogP contribution in [0, 0.1) is 5.92 Å². The monoisotopic (exact) mass is 270 g/mol. The van der Waals surface area contributed by atoms with E-state index in [0.717, 1.165) is 25.7 Å². The molecule has 0 amide bonds. The molecule has 104 valence electrons. The normalized spacial score (nSPS) is 20.8. The molecule has 0 aromatic heterocycles. The van der Waals surface area contributed by atoms with Crippen LogP contribution < -0.4 is 0 Å². The van der Waals surface area contributed by atoms with Gasteiger partial charge in [-0.2, -0.15) is 0 Å².